The third kappa shape index (κ3) is 6.46. The minimum Gasteiger partial charge on any atom is -0.506 e. The summed E-state index contributed by atoms with van der Waals surface area (Å²) in [6.07, 6.45) is 1.15. The number of ether oxygens (including phenoxy) is 3. The standard InChI is InChI=1S/C29H33F3N2O7S/c1-4-5-7-20-24(25-21(39-2)8-6-9-22(25)40-3)26(35)27(28(36)34-20)42(37,38)23-15-12-18(16-33-23)17-10-13-19(14-11-17)41-29(30,31)32/h8,10-15,28,33-36H,4-7,9,16H2,1-3H3. The number of aliphatic hydroxyl groups is 2. The maximum absolute atomic E-state index is 13.8. The topological polar surface area (TPSA) is 126 Å². The summed E-state index contributed by atoms with van der Waals surface area (Å²) in [6, 6.07) is 5.17. The Balaban J connectivity index is 1.74. The van der Waals surface area contributed by atoms with Gasteiger partial charge >= 0.3 is 6.36 Å². The first kappa shape index (κ1) is 31.1. The zero-order valence-electron chi connectivity index (χ0n) is 23.3. The van der Waals surface area contributed by atoms with E-state index in [0.29, 0.717) is 59.6 Å². The van der Waals surface area contributed by atoms with Crippen LogP contribution in [-0.2, 0) is 19.3 Å². The molecule has 2 aliphatic heterocycles. The van der Waals surface area contributed by atoms with Crippen molar-refractivity contribution in [2.24, 2.45) is 0 Å². The Bertz CT molecular complexity index is 1500. The first-order valence-electron chi connectivity index (χ1n) is 13.3. The summed E-state index contributed by atoms with van der Waals surface area (Å²) in [5, 5.41) is 27.9. The molecule has 1 aromatic carbocycles. The molecule has 0 fully saturated rings. The van der Waals surface area contributed by atoms with Gasteiger partial charge < -0.3 is 35.1 Å². The van der Waals surface area contributed by atoms with Gasteiger partial charge in [-0.05, 0) is 54.7 Å². The fourth-order valence-corrected chi connectivity index (χ4v) is 6.45. The number of sulfone groups is 1. The predicted molar refractivity (Wildman–Crippen MR) is 150 cm³/mol. The largest absolute Gasteiger partial charge is 0.573 e. The molecular weight excluding hydrogens is 577 g/mol. The van der Waals surface area contributed by atoms with E-state index in [1.165, 1.54) is 38.5 Å². The van der Waals surface area contributed by atoms with Crippen molar-refractivity contribution in [3.05, 3.63) is 92.1 Å². The van der Waals surface area contributed by atoms with Crippen LogP contribution in [0.3, 0.4) is 0 Å². The van der Waals surface area contributed by atoms with E-state index in [4.69, 9.17) is 9.47 Å². The number of hydrogen-bond acceptors (Lipinski definition) is 9. The van der Waals surface area contributed by atoms with Gasteiger partial charge in [-0.1, -0.05) is 31.6 Å². The fourth-order valence-electron chi connectivity index (χ4n) is 4.99. The summed E-state index contributed by atoms with van der Waals surface area (Å²) < 4.78 is 80.1. The van der Waals surface area contributed by atoms with E-state index < -0.39 is 33.1 Å². The average molecular weight is 611 g/mol. The van der Waals surface area contributed by atoms with E-state index in [2.05, 4.69) is 15.4 Å². The molecule has 1 unspecified atom stereocenters. The van der Waals surface area contributed by atoms with E-state index >= 15 is 0 Å². The van der Waals surface area contributed by atoms with Crippen LogP contribution in [0.4, 0.5) is 13.2 Å². The maximum atomic E-state index is 13.8. The number of halogens is 3. The highest BCUT2D eigenvalue weighted by atomic mass is 32.2. The first-order valence-corrected chi connectivity index (χ1v) is 14.8. The predicted octanol–water partition coefficient (Wildman–Crippen LogP) is 5.19. The van der Waals surface area contributed by atoms with Crippen molar-refractivity contribution in [3.63, 3.8) is 0 Å². The highest BCUT2D eigenvalue weighted by molar-refractivity contribution is 7.99. The molecule has 228 valence electrons. The molecule has 0 saturated heterocycles. The second-order valence-electron chi connectivity index (χ2n) is 9.68. The molecule has 1 aliphatic carbocycles. The zero-order valence-corrected chi connectivity index (χ0v) is 24.2. The van der Waals surface area contributed by atoms with Crippen LogP contribution in [0.1, 0.15) is 44.6 Å². The Morgan fingerprint density at radius 2 is 1.79 bits per heavy atom. The molecule has 1 aromatic rings. The van der Waals surface area contributed by atoms with Crippen molar-refractivity contribution < 1.29 is 46.0 Å². The van der Waals surface area contributed by atoms with Crippen molar-refractivity contribution in [2.75, 3.05) is 20.8 Å². The monoisotopic (exact) mass is 610 g/mol. The molecule has 4 N–H and O–H groups in total. The van der Waals surface area contributed by atoms with Crippen molar-refractivity contribution in [1.29, 1.82) is 0 Å². The van der Waals surface area contributed by atoms with E-state index in [9.17, 15) is 31.8 Å². The van der Waals surface area contributed by atoms with Gasteiger partial charge in [0, 0.05) is 18.7 Å². The molecular formula is C29H33F3N2O7S. The Kier molecular flexibility index (Phi) is 9.31. The molecule has 3 aliphatic rings. The van der Waals surface area contributed by atoms with Crippen LogP contribution in [0, 0.1) is 0 Å². The number of rotatable bonds is 10. The lowest BCUT2D eigenvalue weighted by atomic mass is 9.90. The number of aliphatic hydroxyl groups excluding tert-OH is 2. The number of benzene rings is 1. The number of unbranched alkanes of at least 4 members (excludes halogenated alkanes) is 1. The summed E-state index contributed by atoms with van der Waals surface area (Å²) in [4.78, 5) is -0.633. The van der Waals surface area contributed by atoms with Crippen LogP contribution in [0.2, 0.25) is 0 Å². The summed E-state index contributed by atoms with van der Waals surface area (Å²) in [5.41, 5.74) is 2.20. The van der Waals surface area contributed by atoms with Gasteiger partial charge in [0.1, 0.15) is 33.0 Å². The van der Waals surface area contributed by atoms with Crippen molar-refractivity contribution in [2.45, 2.75) is 51.6 Å². The molecule has 42 heavy (non-hydrogen) atoms. The van der Waals surface area contributed by atoms with Gasteiger partial charge in [0.25, 0.3) is 0 Å². The number of allylic oxidation sites excluding steroid dienone is 7. The smallest absolute Gasteiger partial charge is 0.506 e. The van der Waals surface area contributed by atoms with Gasteiger partial charge in [0.15, 0.2) is 6.23 Å². The molecule has 0 bridgehead atoms. The molecule has 1 atom stereocenters. The summed E-state index contributed by atoms with van der Waals surface area (Å²) in [7, 11) is -1.50. The molecule has 0 saturated carbocycles. The van der Waals surface area contributed by atoms with Gasteiger partial charge in [-0.25, -0.2) is 8.42 Å². The Labute approximate surface area is 242 Å². The van der Waals surface area contributed by atoms with Gasteiger partial charge in [-0.3, -0.25) is 0 Å². The molecule has 0 radical (unpaired) electrons. The average Bonchev–Trinajstić information content (AvgIpc) is 2.95. The summed E-state index contributed by atoms with van der Waals surface area (Å²) in [5.74, 6) is -0.0691. The Morgan fingerprint density at radius 3 is 2.36 bits per heavy atom. The SMILES string of the molecule is CCCCC1=C(C2=C(OC)CCC=C2OC)C(O)=C(S(=O)(=O)C2=CC=C(c3ccc(OC(F)(F)F)cc3)CN2)C(O)N1. The number of methoxy groups -OCH3 is 2. The van der Waals surface area contributed by atoms with Crippen LogP contribution in [-0.4, -0.2) is 52.0 Å². The lowest BCUT2D eigenvalue weighted by Crippen LogP contribution is -2.41. The van der Waals surface area contributed by atoms with Crippen LogP contribution in [0.25, 0.3) is 5.57 Å². The highest BCUT2D eigenvalue weighted by Gasteiger charge is 2.41. The van der Waals surface area contributed by atoms with Crippen LogP contribution < -0.4 is 15.4 Å². The second kappa shape index (κ2) is 12.6. The van der Waals surface area contributed by atoms with Gasteiger partial charge in [-0.15, -0.1) is 13.2 Å². The second-order valence-corrected chi connectivity index (χ2v) is 11.6. The third-order valence-electron chi connectivity index (χ3n) is 6.98. The molecule has 2 heterocycles. The van der Waals surface area contributed by atoms with Crippen molar-refractivity contribution in [1.82, 2.24) is 10.6 Å². The molecule has 0 amide bonds. The summed E-state index contributed by atoms with van der Waals surface area (Å²) in [6.45, 7) is 2.00. The minimum atomic E-state index is -4.82. The lowest BCUT2D eigenvalue weighted by molar-refractivity contribution is -0.274. The number of hydrogen-bond donors (Lipinski definition) is 4. The Morgan fingerprint density at radius 1 is 1.07 bits per heavy atom. The minimum absolute atomic E-state index is 0.0160. The van der Waals surface area contributed by atoms with E-state index in [0.717, 1.165) is 18.6 Å². The van der Waals surface area contributed by atoms with Crippen LogP contribution in [0.5, 0.6) is 5.75 Å². The van der Waals surface area contributed by atoms with Crippen molar-refractivity contribution in [3.8, 4) is 5.75 Å². The quantitative estimate of drug-likeness (QED) is 0.283. The van der Waals surface area contributed by atoms with E-state index in [1.807, 2.05) is 13.0 Å². The van der Waals surface area contributed by atoms with Gasteiger partial charge in [0.2, 0.25) is 9.84 Å². The van der Waals surface area contributed by atoms with Crippen LogP contribution >= 0.6 is 0 Å². The van der Waals surface area contributed by atoms with Crippen LogP contribution in [0.15, 0.2) is 86.5 Å². The molecule has 4 rings (SSSR count). The van der Waals surface area contributed by atoms with E-state index in [-0.39, 0.29) is 22.9 Å². The molecule has 13 heteroatoms. The number of alkyl halides is 3. The third-order valence-corrected chi connectivity index (χ3v) is 8.84. The zero-order chi connectivity index (χ0) is 30.7. The molecule has 9 nitrogen and oxygen atoms in total. The summed E-state index contributed by atoms with van der Waals surface area (Å²) >= 11 is 0. The fraction of sp³-hybridized carbons (Fsp3) is 0.379. The molecule has 0 aromatic heterocycles. The normalized spacial score (nSPS) is 19.9. The van der Waals surface area contributed by atoms with Gasteiger partial charge in [0.05, 0.1) is 25.4 Å². The number of dihydropyridines is 2. The van der Waals surface area contributed by atoms with E-state index in [1.54, 1.807) is 0 Å². The van der Waals surface area contributed by atoms with Crippen molar-refractivity contribution >= 4 is 15.4 Å². The number of nitrogens with one attached hydrogen (secondary N) is 2. The maximum Gasteiger partial charge on any atom is 0.573 e. The first-order chi connectivity index (χ1) is 19.9. The Hall–Kier alpha value is -3.84. The highest BCUT2D eigenvalue weighted by Crippen LogP contribution is 2.41. The van der Waals surface area contributed by atoms with Gasteiger partial charge in [-0.2, -0.15) is 0 Å². The lowest BCUT2D eigenvalue weighted by Gasteiger charge is -2.32. The molecule has 0 spiro atoms.